The van der Waals surface area contributed by atoms with Crippen molar-refractivity contribution in [2.45, 2.75) is 38.7 Å². The lowest BCUT2D eigenvalue weighted by Crippen LogP contribution is -2.40. The van der Waals surface area contributed by atoms with Crippen molar-refractivity contribution >= 4 is 12.0 Å². The number of hydrogen-bond donors (Lipinski definition) is 0. The molecule has 1 saturated heterocycles. The van der Waals surface area contributed by atoms with Gasteiger partial charge in [-0.05, 0) is 67.8 Å². The molecule has 218 valence electrons. The van der Waals surface area contributed by atoms with Gasteiger partial charge < -0.3 is 18.9 Å². The summed E-state index contributed by atoms with van der Waals surface area (Å²) in [5.74, 6) is -0.300. The van der Waals surface area contributed by atoms with Crippen molar-refractivity contribution in [2.75, 3.05) is 39.5 Å². The minimum Gasteiger partial charge on any atom is -0.489 e. The third kappa shape index (κ3) is 8.06. The maximum absolute atomic E-state index is 13.4. The molecule has 0 radical (unpaired) electrons. The van der Waals surface area contributed by atoms with E-state index in [4.69, 9.17) is 14.2 Å². The van der Waals surface area contributed by atoms with Gasteiger partial charge >= 0.3 is 18.3 Å². The van der Waals surface area contributed by atoms with Crippen LogP contribution in [0.3, 0.4) is 0 Å². The lowest BCUT2D eigenvalue weighted by Gasteiger charge is -2.32. The number of hydrogen-bond acceptors (Lipinski definition) is 6. The fourth-order valence-electron chi connectivity index (χ4n) is 4.65. The third-order valence-corrected chi connectivity index (χ3v) is 6.46. The lowest BCUT2D eigenvalue weighted by atomic mass is 9.97. The summed E-state index contributed by atoms with van der Waals surface area (Å²) >= 11 is 0. The van der Waals surface area contributed by atoms with Crippen LogP contribution in [0.15, 0.2) is 42.0 Å². The number of alkyl halides is 6. The zero-order valence-electron chi connectivity index (χ0n) is 21.7. The Morgan fingerprint density at radius 2 is 1.88 bits per heavy atom. The van der Waals surface area contributed by atoms with Gasteiger partial charge in [0.15, 0.2) is 6.61 Å². The number of rotatable bonds is 9. The van der Waals surface area contributed by atoms with Crippen LogP contribution in [-0.4, -0.2) is 56.5 Å². The van der Waals surface area contributed by atoms with Crippen LogP contribution in [0.5, 0.6) is 17.2 Å². The van der Waals surface area contributed by atoms with Crippen LogP contribution in [0.2, 0.25) is 0 Å². The van der Waals surface area contributed by atoms with Gasteiger partial charge in [0.25, 0.3) is 0 Å². The SMILES string of the molecule is CCOC(=O)[C@@H]1CCCN(CC2=Cc3ccc(OCc4ccc(OCC(F)(F)F)c(C(F)(F)F)c4)cc3OC2)C1. The van der Waals surface area contributed by atoms with Crippen molar-refractivity contribution in [3.8, 4) is 17.2 Å². The van der Waals surface area contributed by atoms with Gasteiger partial charge in [-0.3, -0.25) is 9.69 Å². The Hall–Kier alpha value is -3.41. The number of likely N-dealkylation sites (tertiary alicyclic amines) is 1. The monoisotopic (exact) mass is 573 g/mol. The van der Waals surface area contributed by atoms with E-state index in [-0.39, 0.29) is 24.1 Å². The van der Waals surface area contributed by atoms with E-state index >= 15 is 0 Å². The normalized spacial score (nSPS) is 17.9. The second-order valence-corrected chi connectivity index (χ2v) is 9.64. The minimum absolute atomic E-state index is 0.107. The first-order valence-corrected chi connectivity index (χ1v) is 12.8. The number of carbonyl (C=O) groups excluding carboxylic acids is 1. The van der Waals surface area contributed by atoms with Crippen molar-refractivity contribution in [1.29, 1.82) is 0 Å². The van der Waals surface area contributed by atoms with Crippen LogP contribution in [0.25, 0.3) is 6.08 Å². The molecular weight excluding hydrogens is 544 g/mol. The summed E-state index contributed by atoms with van der Waals surface area (Å²) in [5, 5.41) is 0. The number of esters is 1. The Kier molecular flexibility index (Phi) is 9.17. The molecule has 4 rings (SSSR count). The Bertz CT molecular complexity index is 1230. The molecule has 0 saturated carbocycles. The van der Waals surface area contributed by atoms with E-state index in [1.807, 2.05) is 6.08 Å². The van der Waals surface area contributed by atoms with Gasteiger partial charge in [-0.25, -0.2) is 0 Å². The van der Waals surface area contributed by atoms with Crippen LogP contribution in [0.1, 0.15) is 36.5 Å². The summed E-state index contributed by atoms with van der Waals surface area (Å²) < 4.78 is 98.5. The van der Waals surface area contributed by atoms with Crippen molar-refractivity contribution in [3.63, 3.8) is 0 Å². The Balaban J connectivity index is 1.37. The quantitative estimate of drug-likeness (QED) is 0.260. The lowest BCUT2D eigenvalue weighted by molar-refractivity contribution is -0.158. The van der Waals surface area contributed by atoms with Gasteiger partial charge in [-0.1, -0.05) is 6.07 Å². The van der Waals surface area contributed by atoms with Crippen LogP contribution in [0, 0.1) is 5.92 Å². The number of carbonyl (C=O) groups is 1. The standard InChI is InChI=1S/C28H29F6NO5/c1-2-37-26(36)21-4-3-9-35(14-21)13-19-10-20-6-7-22(12-25(20)39-16-19)38-15-18-5-8-24(40-17-27(29,30)31)23(11-18)28(32,33)34/h5-8,10-12,21H,2-4,9,13-17H2,1H3/t21-/m1/s1. The predicted molar refractivity (Wildman–Crippen MR) is 133 cm³/mol. The molecule has 1 atom stereocenters. The number of fused-ring (bicyclic) bond motifs is 1. The minimum atomic E-state index is -4.91. The number of piperidine rings is 1. The summed E-state index contributed by atoms with van der Waals surface area (Å²) in [5.41, 5.74) is 0.651. The molecule has 2 aliphatic rings. The van der Waals surface area contributed by atoms with Gasteiger partial charge in [-0.15, -0.1) is 0 Å². The second kappa shape index (κ2) is 12.4. The summed E-state index contributed by atoms with van der Waals surface area (Å²) in [6.45, 7) is 2.56. The van der Waals surface area contributed by atoms with Crippen LogP contribution < -0.4 is 14.2 Å². The average molecular weight is 574 g/mol. The summed E-state index contributed by atoms with van der Waals surface area (Å²) in [4.78, 5) is 14.3. The Morgan fingerprint density at radius 1 is 1.07 bits per heavy atom. The first-order valence-electron chi connectivity index (χ1n) is 12.8. The van der Waals surface area contributed by atoms with E-state index in [9.17, 15) is 31.1 Å². The van der Waals surface area contributed by atoms with Crippen molar-refractivity contribution < 1.29 is 50.1 Å². The molecule has 2 aromatic rings. The highest BCUT2D eigenvalue weighted by molar-refractivity contribution is 5.72. The fourth-order valence-corrected chi connectivity index (χ4v) is 4.65. The maximum atomic E-state index is 13.4. The van der Waals surface area contributed by atoms with Crippen molar-refractivity contribution in [2.24, 2.45) is 5.92 Å². The van der Waals surface area contributed by atoms with Crippen LogP contribution >= 0.6 is 0 Å². The molecule has 0 N–H and O–H groups in total. The van der Waals surface area contributed by atoms with E-state index in [0.29, 0.717) is 43.9 Å². The zero-order valence-corrected chi connectivity index (χ0v) is 21.7. The van der Waals surface area contributed by atoms with Crippen LogP contribution in [0.4, 0.5) is 26.3 Å². The number of benzene rings is 2. The first-order chi connectivity index (χ1) is 18.9. The van der Waals surface area contributed by atoms with E-state index in [1.54, 1.807) is 25.1 Å². The molecule has 40 heavy (non-hydrogen) atoms. The summed E-state index contributed by atoms with van der Waals surface area (Å²) in [6, 6.07) is 7.85. The molecule has 2 heterocycles. The molecule has 12 heteroatoms. The first kappa shape index (κ1) is 29.6. The van der Waals surface area contributed by atoms with Gasteiger partial charge in [0, 0.05) is 24.7 Å². The predicted octanol–water partition coefficient (Wildman–Crippen LogP) is 6.28. The Morgan fingerprint density at radius 3 is 2.60 bits per heavy atom. The molecule has 1 fully saturated rings. The van der Waals surface area contributed by atoms with Crippen LogP contribution in [-0.2, 0) is 22.3 Å². The average Bonchev–Trinajstić information content (AvgIpc) is 2.90. The number of halogens is 6. The fraction of sp³-hybridized carbons (Fsp3) is 0.464. The Labute approximate surface area is 227 Å². The molecule has 0 aliphatic carbocycles. The molecule has 0 aromatic heterocycles. The van der Waals surface area contributed by atoms with Gasteiger partial charge in [-0.2, -0.15) is 26.3 Å². The summed E-state index contributed by atoms with van der Waals surface area (Å²) in [6.07, 6.45) is -5.96. The third-order valence-electron chi connectivity index (χ3n) is 6.46. The molecule has 6 nitrogen and oxygen atoms in total. The number of nitrogens with zero attached hydrogens (tertiary/aromatic N) is 1. The zero-order chi connectivity index (χ0) is 28.9. The van der Waals surface area contributed by atoms with E-state index in [0.717, 1.165) is 36.6 Å². The molecule has 2 aromatic carbocycles. The van der Waals surface area contributed by atoms with Gasteiger partial charge in [0.2, 0.25) is 0 Å². The number of ether oxygens (including phenoxy) is 4. The van der Waals surface area contributed by atoms with Crippen molar-refractivity contribution in [1.82, 2.24) is 4.90 Å². The molecule has 0 bridgehead atoms. The topological polar surface area (TPSA) is 57.2 Å². The van der Waals surface area contributed by atoms with Gasteiger partial charge in [0.05, 0.1) is 18.1 Å². The highest BCUT2D eigenvalue weighted by Gasteiger charge is 2.36. The molecule has 2 aliphatic heterocycles. The molecule has 0 spiro atoms. The highest BCUT2D eigenvalue weighted by atomic mass is 19.4. The van der Waals surface area contributed by atoms with E-state index in [1.165, 1.54) is 6.07 Å². The maximum Gasteiger partial charge on any atom is 0.422 e. The van der Waals surface area contributed by atoms with Gasteiger partial charge in [0.1, 0.15) is 30.5 Å². The largest absolute Gasteiger partial charge is 0.489 e. The van der Waals surface area contributed by atoms with E-state index in [2.05, 4.69) is 9.64 Å². The smallest absolute Gasteiger partial charge is 0.422 e. The highest BCUT2D eigenvalue weighted by Crippen LogP contribution is 2.38. The second-order valence-electron chi connectivity index (χ2n) is 9.64. The molecule has 0 amide bonds. The summed E-state index contributed by atoms with van der Waals surface area (Å²) in [7, 11) is 0. The van der Waals surface area contributed by atoms with Crippen molar-refractivity contribution in [3.05, 3.63) is 58.7 Å². The molecular formula is C28H29F6NO5. The van der Waals surface area contributed by atoms with E-state index < -0.39 is 30.3 Å². The molecule has 0 unspecified atom stereocenters.